The van der Waals surface area contributed by atoms with E-state index in [-0.39, 0.29) is 0 Å². The minimum Gasteiger partial charge on any atom is -0.356 e. The molecule has 1 nitrogen and oxygen atoms in total. The minimum absolute atomic E-state index is 1.08. The molecule has 0 atom stereocenters. The van der Waals surface area contributed by atoms with E-state index in [1.165, 1.54) is 44.2 Å². The van der Waals surface area contributed by atoms with Gasteiger partial charge in [0.15, 0.2) is 0 Å². The summed E-state index contributed by atoms with van der Waals surface area (Å²) in [6, 6.07) is 51.6. The molecule has 0 saturated carbocycles. The zero-order valence-corrected chi connectivity index (χ0v) is 19.4. The predicted octanol–water partition coefficient (Wildman–Crippen LogP) is 9.58. The third kappa shape index (κ3) is 4.58. The molecule has 0 heterocycles. The van der Waals surface area contributed by atoms with Crippen LogP contribution in [0.15, 0.2) is 146 Å². The Morgan fingerprint density at radius 3 is 1.26 bits per heavy atom. The molecule has 0 spiro atoms. The lowest BCUT2D eigenvalue weighted by Gasteiger charge is -2.10. The van der Waals surface area contributed by atoms with Crippen molar-refractivity contribution in [1.29, 1.82) is 0 Å². The molecule has 1 N–H and O–H groups in total. The van der Waals surface area contributed by atoms with Crippen molar-refractivity contribution < 1.29 is 0 Å². The first-order chi connectivity index (χ1) is 17.3. The van der Waals surface area contributed by atoms with Crippen molar-refractivity contribution in [2.24, 2.45) is 0 Å². The number of rotatable bonds is 5. The second-order valence-electron chi connectivity index (χ2n) is 8.79. The van der Waals surface area contributed by atoms with Crippen LogP contribution in [-0.2, 0) is 0 Å². The monoisotopic (exact) mass is 447 g/mol. The molecule has 0 fully saturated rings. The first-order valence-corrected chi connectivity index (χ1v) is 11.9. The van der Waals surface area contributed by atoms with Crippen LogP contribution < -0.4 is 5.32 Å². The summed E-state index contributed by atoms with van der Waals surface area (Å²) >= 11 is 0. The third-order valence-corrected chi connectivity index (χ3v) is 6.47. The fourth-order valence-electron chi connectivity index (χ4n) is 4.51. The van der Waals surface area contributed by atoms with E-state index in [1.54, 1.807) is 0 Å². The van der Waals surface area contributed by atoms with Crippen LogP contribution in [0.3, 0.4) is 0 Å². The molecule has 35 heavy (non-hydrogen) atoms. The number of hydrogen-bond donors (Lipinski definition) is 1. The molecule has 0 aliphatic heterocycles. The van der Waals surface area contributed by atoms with Gasteiger partial charge in [-0.1, -0.05) is 115 Å². The van der Waals surface area contributed by atoms with Crippen molar-refractivity contribution >= 4 is 22.1 Å². The Hall–Kier alpha value is -4.62. The summed E-state index contributed by atoms with van der Waals surface area (Å²) < 4.78 is 0. The van der Waals surface area contributed by atoms with E-state index < -0.39 is 0 Å². The molecule has 0 aliphatic carbocycles. The maximum atomic E-state index is 3.51. The molecule has 0 bridgehead atoms. The highest BCUT2D eigenvalue weighted by Crippen LogP contribution is 2.29. The highest BCUT2D eigenvalue weighted by Gasteiger charge is 2.03. The van der Waals surface area contributed by atoms with Crippen molar-refractivity contribution in [2.75, 3.05) is 5.32 Å². The van der Waals surface area contributed by atoms with Crippen molar-refractivity contribution in [3.8, 4) is 33.4 Å². The van der Waals surface area contributed by atoms with Gasteiger partial charge in [-0.25, -0.2) is 0 Å². The first kappa shape index (κ1) is 20.9. The van der Waals surface area contributed by atoms with Gasteiger partial charge in [-0.3, -0.25) is 0 Å². The molecular weight excluding hydrogens is 422 g/mol. The second-order valence-corrected chi connectivity index (χ2v) is 8.79. The topological polar surface area (TPSA) is 12.0 Å². The Morgan fingerprint density at radius 2 is 0.686 bits per heavy atom. The van der Waals surface area contributed by atoms with Gasteiger partial charge >= 0.3 is 0 Å². The van der Waals surface area contributed by atoms with Crippen molar-refractivity contribution in [3.05, 3.63) is 146 Å². The number of fused-ring (bicyclic) bond motifs is 1. The van der Waals surface area contributed by atoms with Crippen molar-refractivity contribution in [3.63, 3.8) is 0 Å². The standard InChI is InChI=1S/C34H25N/c1-2-6-25(7-3-1)28-16-20-33(21-17-28)35-34-22-18-29(19-23-34)27-10-12-30(13-11-27)32-15-14-26-8-4-5-9-31(26)24-32/h1-24,35H. The molecule has 0 aliphatic rings. The fraction of sp³-hybridized carbons (Fsp3) is 0. The van der Waals surface area contributed by atoms with E-state index in [1.807, 2.05) is 6.07 Å². The van der Waals surface area contributed by atoms with Gasteiger partial charge in [0, 0.05) is 11.4 Å². The Bertz CT molecular complexity index is 1560. The molecule has 0 saturated heterocycles. The molecule has 0 amide bonds. The summed E-state index contributed by atoms with van der Waals surface area (Å²) in [5, 5.41) is 6.05. The number of nitrogens with one attached hydrogen (secondary N) is 1. The lowest BCUT2D eigenvalue weighted by atomic mass is 9.98. The van der Waals surface area contributed by atoms with E-state index in [0.29, 0.717) is 0 Å². The predicted molar refractivity (Wildman–Crippen MR) is 150 cm³/mol. The number of anilines is 2. The van der Waals surface area contributed by atoms with Gasteiger partial charge in [-0.05, 0) is 74.5 Å². The van der Waals surface area contributed by atoms with E-state index in [9.17, 15) is 0 Å². The molecule has 0 unspecified atom stereocenters. The van der Waals surface area contributed by atoms with Crippen LogP contribution in [0.1, 0.15) is 0 Å². The Balaban J connectivity index is 1.16. The molecule has 6 aromatic rings. The Kier molecular flexibility index (Phi) is 5.58. The van der Waals surface area contributed by atoms with Crippen LogP contribution in [0.4, 0.5) is 11.4 Å². The average molecular weight is 448 g/mol. The van der Waals surface area contributed by atoms with E-state index in [4.69, 9.17) is 0 Å². The summed E-state index contributed by atoms with van der Waals surface area (Å²) in [4.78, 5) is 0. The highest BCUT2D eigenvalue weighted by molar-refractivity contribution is 5.87. The average Bonchev–Trinajstić information content (AvgIpc) is 2.94. The number of hydrogen-bond acceptors (Lipinski definition) is 1. The molecule has 0 radical (unpaired) electrons. The lowest BCUT2D eigenvalue weighted by molar-refractivity contribution is 1.53. The van der Waals surface area contributed by atoms with Gasteiger partial charge in [0.25, 0.3) is 0 Å². The first-order valence-electron chi connectivity index (χ1n) is 11.9. The van der Waals surface area contributed by atoms with Crippen molar-refractivity contribution in [1.82, 2.24) is 0 Å². The smallest absolute Gasteiger partial charge is 0.0384 e. The van der Waals surface area contributed by atoms with Crippen LogP contribution in [-0.4, -0.2) is 0 Å². The molecule has 1 heteroatoms. The summed E-state index contributed by atoms with van der Waals surface area (Å²) in [6.45, 7) is 0. The molecule has 0 aromatic heterocycles. The van der Waals surface area contributed by atoms with E-state index in [2.05, 4.69) is 145 Å². The maximum Gasteiger partial charge on any atom is 0.0384 e. The van der Waals surface area contributed by atoms with Crippen LogP contribution in [0.5, 0.6) is 0 Å². The zero-order valence-electron chi connectivity index (χ0n) is 19.4. The summed E-state index contributed by atoms with van der Waals surface area (Å²) in [6.07, 6.45) is 0. The lowest BCUT2D eigenvalue weighted by Crippen LogP contribution is -1.90. The van der Waals surface area contributed by atoms with Crippen LogP contribution in [0, 0.1) is 0 Å². The minimum atomic E-state index is 1.08. The summed E-state index contributed by atoms with van der Waals surface area (Å²) in [5.41, 5.74) is 9.51. The van der Waals surface area contributed by atoms with Gasteiger partial charge in [0.2, 0.25) is 0 Å². The van der Waals surface area contributed by atoms with Gasteiger partial charge in [0.05, 0.1) is 0 Å². The van der Waals surface area contributed by atoms with Gasteiger partial charge < -0.3 is 5.32 Å². The zero-order chi connectivity index (χ0) is 23.5. The highest BCUT2D eigenvalue weighted by atomic mass is 14.9. The largest absolute Gasteiger partial charge is 0.356 e. The SMILES string of the molecule is c1ccc(-c2ccc(Nc3ccc(-c4ccc(-c5ccc6ccccc6c5)cc4)cc3)cc2)cc1. The fourth-order valence-corrected chi connectivity index (χ4v) is 4.51. The van der Waals surface area contributed by atoms with Gasteiger partial charge in [-0.15, -0.1) is 0 Å². The van der Waals surface area contributed by atoms with E-state index in [0.717, 1.165) is 11.4 Å². The molecule has 166 valence electrons. The van der Waals surface area contributed by atoms with Crippen LogP contribution in [0.2, 0.25) is 0 Å². The van der Waals surface area contributed by atoms with Gasteiger partial charge in [0.1, 0.15) is 0 Å². The van der Waals surface area contributed by atoms with Crippen LogP contribution >= 0.6 is 0 Å². The second kappa shape index (κ2) is 9.32. The van der Waals surface area contributed by atoms with Gasteiger partial charge in [-0.2, -0.15) is 0 Å². The normalized spacial score (nSPS) is 10.9. The van der Waals surface area contributed by atoms with Crippen molar-refractivity contribution in [2.45, 2.75) is 0 Å². The van der Waals surface area contributed by atoms with E-state index >= 15 is 0 Å². The summed E-state index contributed by atoms with van der Waals surface area (Å²) in [7, 11) is 0. The molecule has 6 rings (SSSR count). The number of benzene rings is 6. The summed E-state index contributed by atoms with van der Waals surface area (Å²) in [5.74, 6) is 0. The Morgan fingerprint density at radius 1 is 0.286 bits per heavy atom. The molecular formula is C34H25N. The molecule has 6 aromatic carbocycles. The maximum absolute atomic E-state index is 3.51. The Labute approximate surface area is 206 Å². The third-order valence-electron chi connectivity index (χ3n) is 6.47. The quantitative estimate of drug-likeness (QED) is 0.277. The van der Waals surface area contributed by atoms with Crippen LogP contribution in [0.25, 0.3) is 44.2 Å².